The lowest BCUT2D eigenvalue weighted by Crippen LogP contribution is -2.46. The number of ether oxygens (including phenoxy) is 2. The molecule has 9 nitrogen and oxygen atoms in total. The van der Waals surface area contributed by atoms with Gasteiger partial charge in [0, 0.05) is 12.6 Å². The zero-order chi connectivity index (χ0) is 35.8. The predicted octanol–water partition coefficient (Wildman–Crippen LogP) is 6.16. The number of anilines is 1. The average Bonchev–Trinajstić information content (AvgIpc) is 3.07. The number of aromatic nitrogens is 1. The molecule has 5 aromatic rings. The van der Waals surface area contributed by atoms with Gasteiger partial charge in [-0.25, -0.2) is 0 Å². The molecule has 0 aliphatic carbocycles. The number of rotatable bonds is 12. The quantitative estimate of drug-likeness (QED) is 0.153. The molecule has 1 atom stereocenters. The monoisotopic (exact) mass is 673 g/mol. The standard InChI is InChI=1S/C41H43N3O6/c1-27-20-21-44(26-30-15-18-34(49-5)19-16-30)40(48)38(27)43-39(47)35(23-28-10-12-29(13-11-28)25-37(46)50-41(2,3)4)42-36(45)24-31-14-17-32-8-6-7-9-33(32)22-31/h6-22,35H,23-26H2,1-5H3,(H,42,45)(H,43,47). The van der Waals surface area contributed by atoms with Crippen LogP contribution in [0.1, 0.15) is 48.6 Å². The van der Waals surface area contributed by atoms with Crippen LogP contribution in [0, 0.1) is 6.92 Å². The second-order valence-electron chi connectivity index (χ2n) is 13.4. The highest BCUT2D eigenvalue weighted by atomic mass is 16.6. The summed E-state index contributed by atoms with van der Waals surface area (Å²) in [6, 6.07) is 29.2. The molecule has 5 rings (SSSR count). The van der Waals surface area contributed by atoms with E-state index in [0.29, 0.717) is 17.9 Å². The Morgan fingerprint density at radius 2 is 1.42 bits per heavy atom. The molecule has 4 aromatic carbocycles. The SMILES string of the molecule is COc1ccc(Cn2ccc(C)c(NC(=O)C(Cc3ccc(CC(=O)OC(C)(C)C)cc3)NC(=O)Cc3ccc4ccccc4c3)c2=O)cc1. The van der Waals surface area contributed by atoms with Gasteiger partial charge in [0.15, 0.2) is 0 Å². The van der Waals surface area contributed by atoms with Gasteiger partial charge in [0.05, 0.1) is 26.5 Å². The number of methoxy groups -OCH3 is 1. The number of pyridine rings is 1. The van der Waals surface area contributed by atoms with Crippen molar-refractivity contribution >= 4 is 34.2 Å². The summed E-state index contributed by atoms with van der Waals surface area (Å²) in [4.78, 5) is 53.3. The molecule has 0 fully saturated rings. The first kappa shape index (κ1) is 35.6. The van der Waals surface area contributed by atoms with Gasteiger partial charge in [-0.15, -0.1) is 0 Å². The first-order chi connectivity index (χ1) is 23.9. The average molecular weight is 674 g/mol. The third kappa shape index (κ3) is 9.69. The summed E-state index contributed by atoms with van der Waals surface area (Å²) in [7, 11) is 1.59. The Hall–Kier alpha value is -5.70. The van der Waals surface area contributed by atoms with E-state index >= 15 is 0 Å². The van der Waals surface area contributed by atoms with E-state index < -0.39 is 17.6 Å². The molecule has 0 spiro atoms. The highest BCUT2D eigenvalue weighted by Crippen LogP contribution is 2.18. The van der Waals surface area contributed by atoms with Gasteiger partial charge in [-0.05, 0) is 84.5 Å². The minimum absolute atomic E-state index is 0.0719. The topological polar surface area (TPSA) is 116 Å². The Bertz CT molecular complexity index is 2040. The van der Waals surface area contributed by atoms with Gasteiger partial charge in [-0.3, -0.25) is 19.2 Å². The number of amides is 2. The summed E-state index contributed by atoms with van der Waals surface area (Å²) in [6.07, 6.45) is 2.04. The van der Waals surface area contributed by atoms with E-state index in [0.717, 1.165) is 33.0 Å². The second kappa shape index (κ2) is 15.7. The van der Waals surface area contributed by atoms with E-state index in [1.54, 1.807) is 26.3 Å². The van der Waals surface area contributed by atoms with Crippen molar-refractivity contribution in [2.75, 3.05) is 12.4 Å². The highest BCUT2D eigenvalue weighted by molar-refractivity contribution is 5.98. The van der Waals surface area contributed by atoms with E-state index in [1.165, 1.54) is 4.57 Å². The van der Waals surface area contributed by atoms with Crippen molar-refractivity contribution in [3.8, 4) is 5.75 Å². The number of esters is 1. The zero-order valence-corrected chi connectivity index (χ0v) is 29.1. The largest absolute Gasteiger partial charge is 0.497 e. The van der Waals surface area contributed by atoms with Crippen molar-refractivity contribution < 1.29 is 23.9 Å². The number of hydrogen-bond acceptors (Lipinski definition) is 6. The van der Waals surface area contributed by atoms with Crippen LogP contribution in [0.3, 0.4) is 0 Å². The normalized spacial score (nSPS) is 11.9. The van der Waals surface area contributed by atoms with Crippen molar-refractivity contribution in [1.29, 1.82) is 0 Å². The third-order valence-corrected chi connectivity index (χ3v) is 8.20. The molecule has 0 saturated heterocycles. The summed E-state index contributed by atoms with van der Waals surface area (Å²) in [5.74, 6) is -0.468. The fraction of sp³-hybridized carbons (Fsp3) is 0.268. The fourth-order valence-corrected chi connectivity index (χ4v) is 5.64. The molecule has 0 bridgehead atoms. The maximum atomic E-state index is 13.9. The summed E-state index contributed by atoms with van der Waals surface area (Å²) in [6.45, 7) is 7.51. The first-order valence-electron chi connectivity index (χ1n) is 16.6. The van der Waals surface area contributed by atoms with Crippen LogP contribution in [0.4, 0.5) is 5.69 Å². The molecule has 0 aliphatic rings. The maximum Gasteiger partial charge on any atom is 0.310 e. The number of hydrogen-bond donors (Lipinski definition) is 2. The second-order valence-corrected chi connectivity index (χ2v) is 13.4. The summed E-state index contributed by atoms with van der Waals surface area (Å²) in [5, 5.41) is 7.83. The minimum atomic E-state index is -0.992. The molecule has 2 amide bonds. The lowest BCUT2D eigenvalue weighted by atomic mass is 10.0. The summed E-state index contributed by atoms with van der Waals surface area (Å²) < 4.78 is 12.2. The van der Waals surface area contributed by atoms with Gasteiger partial charge in [0.1, 0.15) is 23.1 Å². The Morgan fingerprint density at radius 3 is 2.10 bits per heavy atom. The van der Waals surface area contributed by atoms with E-state index in [-0.39, 0.29) is 42.4 Å². The number of carbonyl (C=O) groups is 3. The third-order valence-electron chi connectivity index (χ3n) is 8.20. The van der Waals surface area contributed by atoms with Crippen molar-refractivity contribution in [1.82, 2.24) is 9.88 Å². The van der Waals surface area contributed by atoms with Crippen LogP contribution in [-0.4, -0.2) is 41.1 Å². The van der Waals surface area contributed by atoms with Crippen molar-refractivity contribution in [3.63, 3.8) is 0 Å². The molecule has 1 heterocycles. The Morgan fingerprint density at radius 1 is 0.780 bits per heavy atom. The van der Waals surface area contributed by atoms with Crippen LogP contribution in [-0.2, 0) is 44.9 Å². The van der Waals surface area contributed by atoms with Crippen LogP contribution in [0.2, 0.25) is 0 Å². The summed E-state index contributed by atoms with van der Waals surface area (Å²) in [5.41, 5.74) is 3.04. The molecule has 2 N–H and O–H groups in total. The van der Waals surface area contributed by atoms with Crippen LogP contribution in [0.5, 0.6) is 5.75 Å². The molecular formula is C41H43N3O6. The molecule has 9 heteroatoms. The maximum absolute atomic E-state index is 13.9. The van der Waals surface area contributed by atoms with Gasteiger partial charge < -0.3 is 24.7 Å². The van der Waals surface area contributed by atoms with E-state index in [1.807, 2.05) is 112 Å². The molecular weight excluding hydrogens is 630 g/mol. The van der Waals surface area contributed by atoms with Crippen LogP contribution >= 0.6 is 0 Å². The van der Waals surface area contributed by atoms with E-state index in [2.05, 4.69) is 10.6 Å². The number of benzene rings is 4. The first-order valence-corrected chi connectivity index (χ1v) is 16.6. The van der Waals surface area contributed by atoms with Crippen LogP contribution in [0.15, 0.2) is 108 Å². The van der Waals surface area contributed by atoms with Crippen molar-refractivity contribution in [2.45, 2.75) is 65.1 Å². The summed E-state index contributed by atoms with van der Waals surface area (Å²) >= 11 is 0. The Labute approximate surface area is 292 Å². The molecule has 50 heavy (non-hydrogen) atoms. The van der Waals surface area contributed by atoms with E-state index in [4.69, 9.17) is 9.47 Å². The van der Waals surface area contributed by atoms with Crippen LogP contribution in [0.25, 0.3) is 10.8 Å². The number of aryl methyl sites for hydroxylation is 1. The van der Waals surface area contributed by atoms with Crippen molar-refractivity contribution in [3.05, 3.63) is 141 Å². The molecule has 1 unspecified atom stereocenters. The van der Waals surface area contributed by atoms with Gasteiger partial charge in [0.2, 0.25) is 11.8 Å². The Balaban J connectivity index is 1.35. The van der Waals surface area contributed by atoms with Gasteiger partial charge >= 0.3 is 5.97 Å². The Kier molecular flexibility index (Phi) is 11.2. The van der Waals surface area contributed by atoms with E-state index in [9.17, 15) is 19.2 Å². The molecule has 0 radical (unpaired) electrons. The molecule has 258 valence electrons. The number of nitrogens with one attached hydrogen (secondary N) is 2. The number of nitrogens with zero attached hydrogens (tertiary/aromatic N) is 1. The lowest BCUT2D eigenvalue weighted by molar-refractivity contribution is -0.153. The van der Waals surface area contributed by atoms with Gasteiger partial charge in [-0.1, -0.05) is 78.9 Å². The van der Waals surface area contributed by atoms with Crippen LogP contribution < -0.4 is 20.9 Å². The lowest BCUT2D eigenvalue weighted by Gasteiger charge is -2.20. The smallest absolute Gasteiger partial charge is 0.310 e. The van der Waals surface area contributed by atoms with Gasteiger partial charge in [-0.2, -0.15) is 0 Å². The fourth-order valence-electron chi connectivity index (χ4n) is 5.64. The number of fused-ring (bicyclic) bond motifs is 1. The molecule has 1 aromatic heterocycles. The van der Waals surface area contributed by atoms with Gasteiger partial charge in [0.25, 0.3) is 5.56 Å². The minimum Gasteiger partial charge on any atom is -0.497 e. The predicted molar refractivity (Wildman–Crippen MR) is 195 cm³/mol. The number of carbonyl (C=O) groups excluding carboxylic acids is 3. The highest BCUT2D eigenvalue weighted by Gasteiger charge is 2.24. The molecule has 0 saturated carbocycles. The molecule has 0 aliphatic heterocycles. The van der Waals surface area contributed by atoms with Crippen molar-refractivity contribution in [2.24, 2.45) is 0 Å². The zero-order valence-electron chi connectivity index (χ0n) is 29.1.